The summed E-state index contributed by atoms with van der Waals surface area (Å²) in [5.41, 5.74) is 3.01. The van der Waals surface area contributed by atoms with Crippen molar-refractivity contribution < 1.29 is 14.2 Å². The van der Waals surface area contributed by atoms with Gasteiger partial charge in [-0.15, -0.1) is 10.1 Å². The Bertz CT molecular complexity index is 1050. The van der Waals surface area contributed by atoms with E-state index in [1.54, 1.807) is 7.05 Å². The predicted octanol–water partition coefficient (Wildman–Crippen LogP) is 1.72. The van der Waals surface area contributed by atoms with Crippen molar-refractivity contribution in [3.05, 3.63) is 35.4 Å². The van der Waals surface area contributed by atoms with Gasteiger partial charge in [0.05, 0.1) is 12.3 Å². The number of fused-ring (bicyclic) bond motifs is 2. The monoisotopic (exact) mass is 450 g/mol. The minimum absolute atomic E-state index is 0.224. The SMILES string of the molecule is CC1=NN(CCN2CCCCC2)C2=[N+](C1)C1C(=O)N(Cc3ccc(C)cc3)C(=O)N(C)C1=N2. The van der Waals surface area contributed by atoms with Crippen LogP contribution in [0.1, 0.15) is 37.3 Å². The largest absolute Gasteiger partial charge is 0.416 e. The van der Waals surface area contributed by atoms with Crippen molar-refractivity contribution in [2.75, 3.05) is 39.8 Å². The molecule has 9 heteroatoms. The second-order valence-corrected chi connectivity index (χ2v) is 9.41. The first-order chi connectivity index (χ1) is 15.9. The number of likely N-dealkylation sites (N-methyl/N-ethyl adjacent to an activating group) is 1. The molecule has 1 atom stereocenters. The van der Waals surface area contributed by atoms with Crippen molar-refractivity contribution in [1.29, 1.82) is 0 Å². The van der Waals surface area contributed by atoms with Crippen molar-refractivity contribution in [3.8, 4) is 0 Å². The Hall–Kier alpha value is -3.07. The Morgan fingerprint density at radius 1 is 1.03 bits per heavy atom. The number of likely N-dealkylation sites (tertiary alicyclic amines) is 1. The van der Waals surface area contributed by atoms with Crippen LogP contribution in [0.25, 0.3) is 0 Å². The summed E-state index contributed by atoms with van der Waals surface area (Å²) in [7, 11) is 1.70. The van der Waals surface area contributed by atoms with E-state index in [0.29, 0.717) is 24.9 Å². The molecule has 0 saturated carbocycles. The van der Waals surface area contributed by atoms with Gasteiger partial charge in [0.1, 0.15) is 13.1 Å². The lowest BCUT2D eigenvalue weighted by Crippen LogP contribution is -2.63. The highest BCUT2D eigenvalue weighted by molar-refractivity contribution is 6.23. The van der Waals surface area contributed by atoms with Gasteiger partial charge in [-0.2, -0.15) is 0 Å². The molecule has 0 aromatic heterocycles. The number of rotatable bonds is 5. The lowest BCUT2D eigenvalue weighted by atomic mass is 10.1. The third-order valence-corrected chi connectivity index (χ3v) is 6.85. The average molecular weight is 451 g/mol. The lowest BCUT2D eigenvalue weighted by Gasteiger charge is -2.34. The van der Waals surface area contributed by atoms with Crippen LogP contribution in [0.3, 0.4) is 0 Å². The van der Waals surface area contributed by atoms with Gasteiger partial charge in [-0.1, -0.05) is 41.2 Å². The molecule has 0 spiro atoms. The summed E-state index contributed by atoms with van der Waals surface area (Å²) in [4.78, 5) is 36.8. The maximum absolute atomic E-state index is 13.6. The second-order valence-electron chi connectivity index (χ2n) is 9.41. The number of guanidine groups is 1. The summed E-state index contributed by atoms with van der Waals surface area (Å²) < 4.78 is 2.00. The first-order valence-electron chi connectivity index (χ1n) is 11.8. The van der Waals surface area contributed by atoms with E-state index in [9.17, 15) is 9.59 Å². The smallest absolute Gasteiger partial charge is 0.300 e. The Morgan fingerprint density at radius 2 is 1.76 bits per heavy atom. The maximum atomic E-state index is 13.6. The highest BCUT2D eigenvalue weighted by Crippen LogP contribution is 2.24. The molecule has 1 unspecified atom stereocenters. The van der Waals surface area contributed by atoms with E-state index in [-0.39, 0.29) is 18.5 Å². The van der Waals surface area contributed by atoms with E-state index in [0.717, 1.165) is 36.5 Å². The number of aryl methyl sites for hydroxylation is 1. The van der Waals surface area contributed by atoms with E-state index in [2.05, 4.69) is 4.90 Å². The number of carbonyl (C=O) groups excluding carboxylic acids is 2. The van der Waals surface area contributed by atoms with Crippen LogP contribution >= 0.6 is 0 Å². The second kappa shape index (κ2) is 8.70. The van der Waals surface area contributed by atoms with E-state index >= 15 is 0 Å². The third kappa shape index (κ3) is 4.06. The Labute approximate surface area is 194 Å². The van der Waals surface area contributed by atoms with Crippen LogP contribution in [0.5, 0.6) is 0 Å². The van der Waals surface area contributed by atoms with Gasteiger partial charge in [0.25, 0.3) is 5.91 Å². The molecule has 4 aliphatic rings. The molecular weight excluding hydrogens is 418 g/mol. The Kier molecular flexibility index (Phi) is 5.74. The summed E-state index contributed by atoms with van der Waals surface area (Å²) in [5, 5.41) is 6.65. The third-order valence-electron chi connectivity index (χ3n) is 6.85. The number of benzene rings is 1. The first kappa shape index (κ1) is 21.8. The molecule has 2 saturated heterocycles. The lowest BCUT2D eigenvalue weighted by molar-refractivity contribution is -0.527. The fourth-order valence-electron chi connectivity index (χ4n) is 4.99. The fourth-order valence-corrected chi connectivity index (χ4v) is 4.99. The van der Waals surface area contributed by atoms with Gasteiger partial charge in [0, 0.05) is 13.6 Å². The van der Waals surface area contributed by atoms with Gasteiger partial charge in [0.15, 0.2) is 0 Å². The van der Waals surface area contributed by atoms with Gasteiger partial charge in [-0.05, 0) is 45.3 Å². The topological polar surface area (TPSA) is 74.8 Å². The molecule has 4 heterocycles. The predicted molar refractivity (Wildman–Crippen MR) is 126 cm³/mol. The molecule has 33 heavy (non-hydrogen) atoms. The normalized spacial score (nSPS) is 23.6. The van der Waals surface area contributed by atoms with E-state index < -0.39 is 6.04 Å². The molecule has 1 aromatic rings. The Balaban J connectivity index is 1.39. The molecule has 4 aliphatic heterocycles. The molecule has 0 radical (unpaired) electrons. The van der Waals surface area contributed by atoms with Crippen molar-refractivity contribution in [2.24, 2.45) is 10.1 Å². The average Bonchev–Trinajstić information content (AvgIpc) is 3.20. The number of carbonyl (C=O) groups is 2. The van der Waals surface area contributed by atoms with Crippen LogP contribution in [0.15, 0.2) is 34.4 Å². The molecule has 174 valence electrons. The maximum Gasteiger partial charge on any atom is 0.416 e. The number of amidine groups is 1. The number of urea groups is 1. The number of piperidine rings is 1. The number of aliphatic imine (C=N–C) groups is 1. The van der Waals surface area contributed by atoms with Crippen LogP contribution in [-0.2, 0) is 11.3 Å². The van der Waals surface area contributed by atoms with Crippen LogP contribution in [0.2, 0.25) is 0 Å². The van der Waals surface area contributed by atoms with Gasteiger partial charge in [-0.25, -0.2) is 9.37 Å². The zero-order chi connectivity index (χ0) is 23.1. The van der Waals surface area contributed by atoms with Gasteiger partial charge < -0.3 is 4.90 Å². The summed E-state index contributed by atoms with van der Waals surface area (Å²) in [6.07, 6.45) is 3.79. The number of imide groups is 1. The summed E-state index contributed by atoms with van der Waals surface area (Å²) in [6, 6.07) is 6.98. The molecular formula is C24H32N7O2+. The highest BCUT2D eigenvalue weighted by atomic mass is 16.2. The van der Waals surface area contributed by atoms with Crippen molar-refractivity contribution >= 4 is 29.4 Å². The molecule has 0 aliphatic carbocycles. The van der Waals surface area contributed by atoms with E-state index in [1.165, 1.54) is 29.1 Å². The van der Waals surface area contributed by atoms with Crippen molar-refractivity contribution in [1.82, 2.24) is 19.7 Å². The van der Waals surface area contributed by atoms with Crippen LogP contribution < -0.4 is 0 Å². The molecule has 9 nitrogen and oxygen atoms in total. The summed E-state index contributed by atoms with van der Waals surface area (Å²) in [6.45, 7) is 8.64. The van der Waals surface area contributed by atoms with Gasteiger partial charge in [-0.3, -0.25) is 14.6 Å². The van der Waals surface area contributed by atoms with Crippen molar-refractivity contribution in [2.45, 2.75) is 45.7 Å². The van der Waals surface area contributed by atoms with Gasteiger partial charge in [0.2, 0.25) is 11.9 Å². The minimum Gasteiger partial charge on any atom is -0.300 e. The quantitative estimate of drug-likeness (QED) is 0.641. The standard InChI is InChI=1S/C24H32N7O2/c1-17-7-9-19(10-8-17)16-30-22(32)20-21(27(3)24(30)33)25-23-29(20)15-18(2)26-31(23)14-13-28-11-5-4-6-12-28/h7-10,20H,4-6,11-16H2,1-3H3/q+1. The molecule has 1 aromatic carbocycles. The summed E-state index contributed by atoms with van der Waals surface area (Å²) >= 11 is 0. The molecule has 3 amide bonds. The van der Waals surface area contributed by atoms with Crippen molar-refractivity contribution in [3.63, 3.8) is 0 Å². The van der Waals surface area contributed by atoms with Gasteiger partial charge >= 0.3 is 12.0 Å². The minimum atomic E-state index is -0.601. The number of nitrogens with zero attached hydrogens (tertiary/aromatic N) is 7. The number of hydrogen-bond acceptors (Lipinski definition) is 6. The molecule has 0 N–H and O–H groups in total. The first-order valence-corrected chi connectivity index (χ1v) is 11.8. The van der Waals surface area contributed by atoms with Crippen LogP contribution in [0, 0.1) is 6.92 Å². The highest BCUT2D eigenvalue weighted by Gasteiger charge is 2.54. The number of hydrogen-bond donors (Lipinski definition) is 0. The Morgan fingerprint density at radius 3 is 2.48 bits per heavy atom. The molecule has 5 rings (SSSR count). The fraction of sp³-hybridized carbons (Fsp3) is 0.542. The van der Waals surface area contributed by atoms with E-state index in [1.807, 2.05) is 47.7 Å². The number of amides is 3. The summed E-state index contributed by atoms with van der Waals surface area (Å²) in [5.74, 6) is 0.939. The molecule has 2 fully saturated rings. The van der Waals surface area contributed by atoms with Crippen LogP contribution in [0.4, 0.5) is 4.79 Å². The number of hydrazone groups is 1. The van der Waals surface area contributed by atoms with E-state index in [4.69, 9.17) is 10.1 Å². The molecule has 0 bridgehead atoms. The zero-order valence-electron chi connectivity index (χ0n) is 19.7. The zero-order valence-corrected chi connectivity index (χ0v) is 19.7. The van der Waals surface area contributed by atoms with Crippen LogP contribution in [-0.4, -0.2) is 99.5 Å².